The first-order valence-corrected chi connectivity index (χ1v) is 12.4. The molecular weight excluding hydrogens is 468 g/mol. The molecule has 0 radical (unpaired) electrons. The molecule has 8 nitrogen and oxygen atoms in total. The molecule has 35 heavy (non-hydrogen) atoms. The summed E-state index contributed by atoms with van der Waals surface area (Å²) in [7, 11) is -1.83. The van der Waals surface area contributed by atoms with Crippen molar-refractivity contribution in [3.8, 4) is 29.4 Å². The molecule has 0 aliphatic rings. The topological polar surface area (TPSA) is 126 Å². The van der Waals surface area contributed by atoms with Crippen LogP contribution in [0.1, 0.15) is 33.0 Å². The Labute approximate surface area is 202 Å². The number of rotatable bonds is 6. The van der Waals surface area contributed by atoms with E-state index in [4.69, 9.17) is 4.42 Å². The van der Waals surface area contributed by atoms with Crippen LogP contribution in [0.2, 0.25) is 0 Å². The normalized spacial score (nSPS) is 10.3. The third-order valence-corrected chi connectivity index (χ3v) is 5.45. The van der Waals surface area contributed by atoms with Crippen LogP contribution in [0.25, 0.3) is 0 Å². The summed E-state index contributed by atoms with van der Waals surface area (Å²) in [5.41, 5.74) is 1.98. The minimum Gasteiger partial charge on any atom is -0.502 e. The van der Waals surface area contributed by atoms with Crippen LogP contribution in [0, 0.1) is 23.7 Å². The Morgan fingerprint density at radius 1 is 1.00 bits per heavy atom. The molecule has 0 unspecified atom stereocenters. The van der Waals surface area contributed by atoms with Gasteiger partial charge in [-0.15, -0.1) is 0 Å². The summed E-state index contributed by atoms with van der Waals surface area (Å²) >= 11 is 0. The summed E-state index contributed by atoms with van der Waals surface area (Å²) in [6.45, 7) is -0.0200. The van der Waals surface area contributed by atoms with E-state index in [1.54, 1.807) is 55.6 Å². The second-order valence-electron chi connectivity index (χ2n) is 7.51. The molecule has 2 aromatic carbocycles. The maximum absolute atomic E-state index is 11.9. The second-order valence-corrected chi connectivity index (χ2v) is 9.65. The molecule has 3 aromatic rings. The quantitative estimate of drug-likeness (QED) is 0.453. The first kappa shape index (κ1) is 25.2. The fourth-order valence-electron chi connectivity index (χ4n) is 2.95. The van der Waals surface area contributed by atoms with Gasteiger partial charge in [0.15, 0.2) is 15.6 Å². The summed E-state index contributed by atoms with van der Waals surface area (Å²) in [4.78, 5) is 23.4. The zero-order valence-corrected chi connectivity index (χ0v) is 19.8. The lowest BCUT2D eigenvalue weighted by atomic mass is 10.1. The minimum atomic E-state index is -3.40. The lowest BCUT2D eigenvalue weighted by molar-refractivity contribution is 0.0963. The number of carbonyl (C=O) groups excluding carboxylic acids is 1. The molecule has 0 saturated heterocycles. The summed E-state index contributed by atoms with van der Waals surface area (Å²) < 4.78 is 28.3. The van der Waals surface area contributed by atoms with Gasteiger partial charge < -0.3 is 20.2 Å². The van der Waals surface area contributed by atoms with E-state index >= 15 is 0 Å². The van der Waals surface area contributed by atoms with Crippen LogP contribution >= 0.6 is 0 Å². The van der Waals surface area contributed by atoms with Crippen molar-refractivity contribution in [3.05, 3.63) is 93.0 Å². The molecule has 0 atom stereocenters. The zero-order valence-electron chi connectivity index (χ0n) is 19.0. The van der Waals surface area contributed by atoms with Crippen molar-refractivity contribution >= 4 is 21.4 Å². The molecule has 3 rings (SSSR count). The highest BCUT2D eigenvalue weighted by Gasteiger charge is 2.14. The number of benzene rings is 2. The molecule has 9 heteroatoms. The average Bonchev–Trinajstić information content (AvgIpc) is 2.82. The molecule has 1 heterocycles. The van der Waals surface area contributed by atoms with Gasteiger partial charge in [0.25, 0.3) is 5.91 Å². The Bertz CT molecular complexity index is 1520. The predicted octanol–water partition coefficient (Wildman–Crippen LogP) is 2.26. The van der Waals surface area contributed by atoms with Crippen molar-refractivity contribution < 1.29 is 22.7 Å². The van der Waals surface area contributed by atoms with Gasteiger partial charge in [-0.1, -0.05) is 11.8 Å². The van der Waals surface area contributed by atoms with Gasteiger partial charge >= 0.3 is 0 Å². The van der Waals surface area contributed by atoms with Gasteiger partial charge in [0.05, 0.1) is 6.54 Å². The van der Waals surface area contributed by atoms with Gasteiger partial charge in [0, 0.05) is 41.7 Å². The van der Waals surface area contributed by atoms with Crippen molar-refractivity contribution in [2.24, 2.45) is 0 Å². The monoisotopic (exact) mass is 490 g/mol. The van der Waals surface area contributed by atoms with Crippen LogP contribution < -0.4 is 16.1 Å². The number of aromatic hydroxyl groups is 1. The maximum atomic E-state index is 11.9. The van der Waals surface area contributed by atoms with E-state index in [-0.39, 0.29) is 24.0 Å². The van der Waals surface area contributed by atoms with Crippen LogP contribution in [0.5, 0.6) is 5.75 Å². The smallest absolute Gasteiger partial charge is 0.251 e. The highest BCUT2D eigenvalue weighted by atomic mass is 32.2. The third kappa shape index (κ3) is 7.53. The van der Waals surface area contributed by atoms with Gasteiger partial charge in [0.1, 0.15) is 11.5 Å². The van der Waals surface area contributed by atoms with Crippen molar-refractivity contribution in [3.63, 3.8) is 0 Å². The van der Waals surface area contributed by atoms with E-state index in [2.05, 4.69) is 34.3 Å². The lowest BCUT2D eigenvalue weighted by Gasteiger charge is -2.09. The van der Waals surface area contributed by atoms with E-state index in [0.29, 0.717) is 11.3 Å². The molecule has 3 N–H and O–H groups in total. The molecular formula is C26H22N2O6S. The molecule has 0 aliphatic carbocycles. The Balaban J connectivity index is 1.62. The second kappa shape index (κ2) is 11.1. The van der Waals surface area contributed by atoms with Crippen LogP contribution in [-0.2, 0) is 22.1 Å². The highest BCUT2D eigenvalue weighted by molar-refractivity contribution is 7.89. The Kier molecular flexibility index (Phi) is 7.98. The molecule has 1 amide bonds. The summed E-state index contributed by atoms with van der Waals surface area (Å²) in [5.74, 6) is 10.1. The largest absolute Gasteiger partial charge is 0.502 e. The number of hydrogen-bond acceptors (Lipinski definition) is 7. The summed E-state index contributed by atoms with van der Waals surface area (Å²) in [6, 6.07) is 14.9. The van der Waals surface area contributed by atoms with Gasteiger partial charge in [-0.3, -0.25) is 9.59 Å². The van der Waals surface area contributed by atoms with Crippen LogP contribution in [0.3, 0.4) is 0 Å². The van der Waals surface area contributed by atoms with Crippen LogP contribution in [0.4, 0.5) is 5.69 Å². The van der Waals surface area contributed by atoms with Crippen molar-refractivity contribution in [1.29, 1.82) is 0 Å². The van der Waals surface area contributed by atoms with E-state index in [1.807, 2.05) is 0 Å². The predicted molar refractivity (Wildman–Crippen MR) is 133 cm³/mol. The summed E-state index contributed by atoms with van der Waals surface area (Å²) in [6.07, 6.45) is 1.03. The Hall–Kier alpha value is -4.47. The van der Waals surface area contributed by atoms with Gasteiger partial charge in [0.2, 0.25) is 11.2 Å². The van der Waals surface area contributed by atoms with Gasteiger partial charge in [-0.05, 0) is 60.4 Å². The molecule has 0 saturated carbocycles. The number of sulfone groups is 1. The number of hydrogen-bond donors (Lipinski definition) is 3. The van der Waals surface area contributed by atoms with Crippen LogP contribution in [-0.4, -0.2) is 32.7 Å². The average molecular weight is 491 g/mol. The van der Waals surface area contributed by atoms with Crippen molar-refractivity contribution in [2.45, 2.75) is 12.3 Å². The lowest BCUT2D eigenvalue weighted by Crippen LogP contribution is -2.17. The molecule has 0 spiro atoms. The number of amides is 1. The van der Waals surface area contributed by atoms with Crippen LogP contribution in [0.15, 0.2) is 63.8 Å². The summed E-state index contributed by atoms with van der Waals surface area (Å²) in [5, 5.41) is 15.5. The van der Waals surface area contributed by atoms with Gasteiger partial charge in [-0.25, -0.2) is 8.42 Å². The Morgan fingerprint density at radius 2 is 1.57 bits per heavy atom. The van der Waals surface area contributed by atoms with E-state index < -0.39 is 26.8 Å². The maximum Gasteiger partial charge on any atom is 0.251 e. The fourth-order valence-corrected chi connectivity index (χ4v) is 3.61. The first-order chi connectivity index (χ1) is 16.6. The molecule has 0 aliphatic heterocycles. The zero-order chi connectivity index (χ0) is 25.4. The fraction of sp³-hybridized carbons (Fsp3) is 0.154. The Morgan fingerprint density at radius 3 is 2.11 bits per heavy atom. The van der Waals surface area contributed by atoms with E-state index in [9.17, 15) is 23.1 Å². The van der Waals surface area contributed by atoms with E-state index in [1.165, 1.54) is 0 Å². The van der Waals surface area contributed by atoms with E-state index in [0.717, 1.165) is 23.4 Å². The third-order valence-electron chi connectivity index (χ3n) is 4.64. The van der Waals surface area contributed by atoms with Crippen molar-refractivity contribution in [1.82, 2.24) is 5.32 Å². The minimum absolute atomic E-state index is 0.0200. The van der Waals surface area contributed by atoms with Gasteiger partial charge in [-0.2, -0.15) is 0 Å². The number of nitrogens with one attached hydrogen (secondary N) is 2. The molecule has 0 bridgehead atoms. The number of carbonyl (C=O) groups is 1. The molecule has 0 fully saturated rings. The molecule has 178 valence electrons. The highest BCUT2D eigenvalue weighted by Crippen LogP contribution is 2.18. The first-order valence-electron chi connectivity index (χ1n) is 10.4. The standard InChI is InChI=1S/C26H22N2O6S/c1-27-26(31)20-11-7-18(8-12-20)5-3-4-6-19-9-13-21(14-10-19)28-16-24-25(30)23(29)15-22(34-24)17-35(2,32)33/h7-15,28,30H,16-17H2,1-2H3,(H,27,31). The van der Waals surface area contributed by atoms with Crippen molar-refractivity contribution in [2.75, 3.05) is 18.6 Å². The molecule has 1 aromatic heterocycles. The SMILES string of the molecule is CNC(=O)c1ccc(C#CC#Cc2ccc(NCc3oc(CS(C)(=O)=O)cc(=O)c3O)cc2)cc1. The number of anilines is 1.